The van der Waals surface area contributed by atoms with Crippen LogP contribution < -0.4 is 10.9 Å². The summed E-state index contributed by atoms with van der Waals surface area (Å²) in [5, 5.41) is 11.9. The molecular formula is C12H9ClN2O3. The first kappa shape index (κ1) is 12.2. The fourth-order valence-electron chi connectivity index (χ4n) is 1.40. The first-order valence-corrected chi connectivity index (χ1v) is 5.43. The van der Waals surface area contributed by atoms with Crippen molar-refractivity contribution in [2.45, 2.75) is 0 Å². The van der Waals surface area contributed by atoms with Gasteiger partial charge in [0.05, 0.1) is 10.7 Å². The van der Waals surface area contributed by atoms with Crippen molar-refractivity contribution in [3.63, 3.8) is 0 Å². The lowest BCUT2D eigenvalue weighted by molar-refractivity contribution is 0.102. The molecule has 1 aromatic heterocycles. The van der Waals surface area contributed by atoms with E-state index in [1.54, 1.807) is 6.07 Å². The summed E-state index contributed by atoms with van der Waals surface area (Å²) in [4.78, 5) is 25.6. The highest BCUT2D eigenvalue weighted by Gasteiger charge is 2.11. The van der Waals surface area contributed by atoms with Gasteiger partial charge < -0.3 is 15.4 Å². The van der Waals surface area contributed by atoms with Crippen molar-refractivity contribution in [2.75, 3.05) is 5.32 Å². The highest BCUT2D eigenvalue weighted by atomic mass is 35.5. The van der Waals surface area contributed by atoms with Gasteiger partial charge in [0, 0.05) is 12.3 Å². The van der Waals surface area contributed by atoms with Gasteiger partial charge in [0.1, 0.15) is 11.3 Å². The largest absolute Gasteiger partial charge is 0.508 e. The van der Waals surface area contributed by atoms with E-state index in [0.29, 0.717) is 5.69 Å². The van der Waals surface area contributed by atoms with Crippen LogP contribution in [0.15, 0.2) is 41.3 Å². The van der Waals surface area contributed by atoms with Crippen LogP contribution in [0.5, 0.6) is 5.75 Å². The molecule has 2 rings (SSSR count). The van der Waals surface area contributed by atoms with E-state index in [9.17, 15) is 14.7 Å². The molecule has 6 heteroatoms. The van der Waals surface area contributed by atoms with E-state index in [4.69, 9.17) is 11.6 Å². The number of phenolic OH excluding ortho intramolecular Hbond substituents is 1. The number of nitrogens with one attached hydrogen (secondary N) is 2. The molecule has 0 fully saturated rings. The Labute approximate surface area is 107 Å². The summed E-state index contributed by atoms with van der Waals surface area (Å²) in [5.74, 6) is -0.569. The SMILES string of the molecule is O=C(Nc1ccc(O)cc1Cl)c1ccc[nH]c1=O. The van der Waals surface area contributed by atoms with Gasteiger partial charge in [-0.3, -0.25) is 9.59 Å². The Hall–Kier alpha value is -2.27. The number of anilines is 1. The third kappa shape index (κ3) is 2.52. The van der Waals surface area contributed by atoms with Gasteiger partial charge in [0.25, 0.3) is 11.5 Å². The molecule has 0 aliphatic rings. The summed E-state index contributed by atoms with van der Waals surface area (Å²) in [6.45, 7) is 0. The van der Waals surface area contributed by atoms with E-state index in [2.05, 4.69) is 10.3 Å². The monoisotopic (exact) mass is 264 g/mol. The molecule has 0 aliphatic carbocycles. The molecular weight excluding hydrogens is 256 g/mol. The fourth-order valence-corrected chi connectivity index (χ4v) is 1.62. The molecule has 0 spiro atoms. The number of phenols is 1. The van der Waals surface area contributed by atoms with Gasteiger partial charge in [-0.15, -0.1) is 0 Å². The Morgan fingerprint density at radius 1 is 1.33 bits per heavy atom. The number of carbonyl (C=O) groups excluding carboxylic acids is 1. The number of aromatic amines is 1. The van der Waals surface area contributed by atoms with Crippen molar-refractivity contribution in [1.29, 1.82) is 0 Å². The lowest BCUT2D eigenvalue weighted by Crippen LogP contribution is -2.22. The van der Waals surface area contributed by atoms with Gasteiger partial charge in [0.15, 0.2) is 0 Å². The van der Waals surface area contributed by atoms with Gasteiger partial charge in [-0.1, -0.05) is 11.6 Å². The molecule has 0 atom stereocenters. The summed E-state index contributed by atoms with van der Waals surface area (Å²) >= 11 is 5.84. The van der Waals surface area contributed by atoms with Gasteiger partial charge in [-0.25, -0.2) is 0 Å². The standard InChI is InChI=1S/C12H9ClN2O3/c13-9-6-7(16)3-4-10(9)15-12(18)8-2-1-5-14-11(8)17/h1-6,16H,(H,14,17)(H,15,18). The normalized spacial score (nSPS) is 10.1. The number of halogens is 1. The molecule has 1 amide bonds. The predicted octanol–water partition coefficient (Wildman–Crippen LogP) is 1.99. The number of pyridine rings is 1. The van der Waals surface area contributed by atoms with E-state index in [1.807, 2.05) is 0 Å². The second-order valence-corrected chi connectivity index (χ2v) is 3.94. The first-order chi connectivity index (χ1) is 8.58. The Morgan fingerprint density at radius 2 is 2.11 bits per heavy atom. The maximum Gasteiger partial charge on any atom is 0.261 e. The zero-order valence-corrected chi connectivity index (χ0v) is 9.86. The number of aromatic nitrogens is 1. The van der Waals surface area contributed by atoms with Crippen LogP contribution in [0.3, 0.4) is 0 Å². The molecule has 3 N–H and O–H groups in total. The van der Waals surface area contributed by atoms with Crippen molar-refractivity contribution < 1.29 is 9.90 Å². The molecule has 2 aromatic rings. The lowest BCUT2D eigenvalue weighted by atomic mass is 10.2. The third-order valence-electron chi connectivity index (χ3n) is 2.26. The Morgan fingerprint density at radius 3 is 2.78 bits per heavy atom. The van der Waals surface area contributed by atoms with Gasteiger partial charge >= 0.3 is 0 Å². The van der Waals surface area contributed by atoms with Gasteiger partial charge in [-0.2, -0.15) is 0 Å². The minimum atomic E-state index is -0.565. The van der Waals surface area contributed by atoms with Crippen LogP contribution in [-0.2, 0) is 0 Å². The molecule has 18 heavy (non-hydrogen) atoms. The van der Waals surface area contributed by atoms with E-state index in [0.717, 1.165) is 0 Å². The van der Waals surface area contributed by atoms with Crippen molar-refractivity contribution in [2.24, 2.45) is 0 Å². The third-order valence-corrected chi connectivity index (χ3v) is 2.58. The van der Waals surface area contributed by atoms with E-state index < -0.39 is 11.5 Å². The van der Waals surface area contributed by atoms with Crippen LogP contribution in [0.1, 0.15) is 10.4 Å². The van der Waals surface area contributed by atoms with E-state index in [-0.39, 0.29) is 16.3 Å². The fraction of sp³-hybridized carbons (Fsp3) is 0. The topological polar surface area (TPSA) is 82.2 Å². The number of amides is 1. The van der Waals surface area contributed by atoms with Crippen LogP contribution in [0, 0.1) is 0 Å². The van der Waals surface area contributed by atoms with Gasteiger partial charge in [0.2, 0.25) is 0 Å². The smallest absolute Gasteiger partial charge is 0.261 e. The zero-order chi connectivity index (χ0) is 13.1. The Kier molecular flexibility index (Phi) is 3.34. The van der Waals surface area contributed by atoms with Crippen LogP contribution >= 0.6 is 11.6 Å². The maximum absolute atomic E-state index is 11.8. The first-order valence-electron chi connectivity index (χ1n) is 5.05. The number of hydrogen-bond donors (Lipinski definition) is 3. The lowest BCUT2D eigenvalue weighted by Gasteiger charge is -2.06. The quantitative estimate of drug-likeness (QED) is 0.726. The minimum Gasteiger partial charge on any atom is -0.508 e. The number of hydrogen-bond acceptors (Lipinski definition) is 3. The van der Waals surface area contributed by atoms with E-state index >= 15 is 0 Å². The molecule has 0 unspecified atom stereocenters. The van der Waals surface area contributed by atoms with Crippen LogP contribution in [-0.4, -0.2) is 16.0 Å². The Bertz CT molecular complexity index is 652. The highest BCUT2D eigenvalue weighted by Crippen LogP contribution is 2.26. The predicted molar refractivity (Wildman–Crippen MR) is 68.1 cm³/mol. The second-order valence-electron chi connectivity index (χ2n) is 3.53. The van der Waals surface area contributed by atoms with Crippen molar-refractivity contribution in [1.82, 2.24) is 4.98 Å². The van der Waals surface area contributed by atoms with Gasteiger partial charge in [-0.05, 0) is 24.3 Å². The van der Waals surface area contributed by atoms with Crippen LogP contribution in [0.25, 0.3) is 0 Å². The van der Waals surface area contributed by atoms with Crippen molar-refractivity contribution >= 4 is 23.2 Å². The number of rotatable bonds is 2. The molecule has 0 bridgehead atoms. The number of aromatic hydroxyl groups is 1. The number of carbonyl (C=O) groups is 1. The summed E-state index contributed by atoms with van der Waals surface area (Å²) in [7, 11) is 0. The summed E-state index contributed by atoms with van der Waals surface area (Å²) < 4.78 is 0. The number of H-pyrrole nitrogens is 1. The molecule has 0 saturated heterocycles. The molecule has 0 saturated carbocycles. The molecule has 5 nitrogen and oxygen atoms in total. The zero-order valence-electron chi connectivity index (χ0n) is 9.11. The molecule has 1 heterocycles. The van der Waals surface area contributed by atoms with E-state index in [1.165, 1.54) is 30.5 Å². The average Bonchev–Trinajstić information content (AvgIpc) is 2.33. The minimum absolute atomic E-state index is 0.00411. The highest BCUT2D eigenvalue weighted by molar-refractivity contribution is 6.34. The Balaban J connectivity index is 2.27. The molecule has 1 aromatic carbocycles. The molecule has 92 valence electrons. The van der Waals surface area contributed by atoms with Crippen molar-refractivity contribution in [3.8, 4) is 5.75 Å². The molecule has 0 aliphatic heterocycles. The maximum atomic E-state index is 11.8. The average molecular weight is 265 g/mol. The summed E-state index contributed by atoms with van der Waals surface area (Å²) in [5.41, 5.74) is -0.172. The van der Waals surface area contributed by atoms with Crippen LogP contribution in [0.4, 0.5) is 5.69 Å². The molecule has 0 radical (unpaired) electrons. The summed E-state index contributed by atoms with van der Waals surface area (Å²) in [6, 6.07) is 7.09. The van der Waals surface area contributed by atoms with Crippen LogP contribution in [0.2, 0.25) is 5.02 Å². The van der Waals surface area contributed by atoms with Crippen molar-refractivity contribution in [3.05, 3.63) is 57.5 Å². The number of benzene rings is 1. The summed E-state index contributed by atoms with van der Waals surface area (Å²) in [6.07, 6.45) is 1.44. The second kappa shape index (κ2) is 4.93.